The van der Waals surface area contributed by atoms with Gasteiger partial charge in [-0.15, -0.1) is 9.24 Å². The van der Waals surface area contributed by atoms with Crippen LogP contribution in [0.25, 0.3) is 0 Å². The Hall–Kier alpha value is -0.133. The number of benzene rings is 1. The van der Waals surface area contributed by atoms with Crippen LogP contribution in [0, 0.1) is 0 Å². The Bertz CT molecular complexity index is 233. The zero-order valence-electron chi connectivity index (χ0n) is 7.39. The molecule has 0 nitrogen and oxygen atoms in total. The van der Waals surface area contributed by atoms with Crippen LogP contribution in [0.2, 0.25) is 19.6 Å². The highest BCUT2D eigenvalue weighted by Crippen LogP contribution is 2.01. The van der Waals surface area contributed by atoms with E-state index in [0.29, 0.717) is 0 Å². The topological polar surface area (TPSA) is 0 Å². The van der Waals surface area contributed by atoms with Crippen LogP contribution in [0.15, 0.2) is 24.3 Å². The largest absolute Gasteiger partial charge is 0.106 e. The minimum absolute atomic E-state index is 1.07. The van der Waals surface area contributed by atoms with Crippen LogP contribution in [0.1, 0.15) is 0 Å². The number of rotatable bonds is 1. The summed E-state index contributed by atoms with van der Waals surface area (Å²) >= 11 is 0. The molecule has 1 aromatic carbocycles. The van der Waals surface area contributed by atoms with Crippen LogP contribution in [-0.4, -0.2) is 8.07 Å². The molecule has 0 aliphatic heterocycles. The maximum atomic E-state index is 2.71. The molecule has 0 N–H and O–H groups in total. The van der Waals surface area contributed by atoms with Gasteiger partial charge in [0.2, 0.25) is 0 Å². The zero-order valence-corrected chi connectivity index (χ0v) is 9.54. The highest BCUT2D eigenvalue weighted by molar-refractivity contribution is 7.27. The van der Waals surface area contributed by atoms with E-state index in [1.807, 2.05) is 0 Å². The number of hydrogen-bond donors (Lipinski definition) is 0. The molecule has 0 saturated heterocycles. The second-order valence-electron chi connectivity index (χ2n) is 3.87. The normalized spacial score (nSPS) is 11.6. The van der Waals surface area contributed by atoms with Crippen LogP contribution >= 0.6 is 9.24 Å². The first-order valence-electron chi connectivity index (χ1n) is 3.86. The van der Waals surface area contributed by atoms with Crippen molar-refractivity contribution in [2.75, 3.05) is 0 Å². The summed E-state index contributed by atoms with van der Waals surface area (Å²) in [6.45, 7) is 7.10. The van der Waals surface area contributed by atoms with Gasteiger partial charge in [-0.3, -0.25) is 0 Å². The van der Waals surface area contributed by atoms with Gasteiger partial charge >= 0.3 is 0 Å². The van der Waals surface area contributed by atoms with Crippen molar-refractivity contribution >= 4 is 27.8 Å². The molecule has 1 aromatic rings. The monoisotopic (exact) mass is 182 g/mol. The summed E-state index contributed by atoms with van der Waals surface area (Å²) in [5, 5.41) is 2.80. The first-order valence-corrected chi connectivity index (χ1v) is 7.94. The molecule has 0 aromatic heterocycles. The SMILES string of the molecule is C[Si](C)(C)c1ccc(P)cc1. The summed E-state index contributed by atoms with van der Waals surface area (Å²) in [4.78, 5) is 0. The predicted octanol–water partition coefficient (Wildman–Crippen LogP) is 1.73. The molecule has 2 heteroatoms. The van der Waals surface area contributed by atoms with E-state index in [1.165, 1.54) is 10.5 Å². The molecule has 1 unspecified atom stereocenters. The van der Waals surface area contributed by atoms with Gasteiger partial charge in [0.1, 0.15) is 0 Å². The Balaban J connectivity index is 2.99. The van der Waals surface area contributed by atoms with Gasteiger partial charge < -0.3 is 0 Å². The third-order valence-electron chi connectivity index (χ3n) is 1.78. The molecule has 11 heavy (non-hydrogen) atoms. The van der Waals surface area contributed by atoms with Crippen molar-refractivity contribution in [2.24, 2.45) is 0 Å². The molecule has 0 bridgehead atoms. The maximum Gasteiger partial charge on any atom is 0.0775 e. The third-order valence-corrected chi connectivity index (χ3v) is 4.23. The molecule has 1 atom stereocenters. The summed E-state index contributed by atoms with van der Waals surface area (Å²) < 4.78 is 0. The minimum atomic E-state index is -1.07. The first-order chi connectivity index (χ1) is 5.00. The van der Waals surface area contributed by atoms with Gasteiger partial charge in [0.05, 0.1) is 8.07 Å². The lowest BCUT2D eigenvalue weighted by atomic mass is 10.4. The van der Waals surface area contributed by atoms with Gasteiger partial charge in [0.25, 0.3) is 0 Å². The molecular weight excluding hydrogens is 167 g/mol. The van der Waals surface area contributed by atoms with Crippen molar-refractivity contribution < 1.29 is 0 Å². The fraction of sp³-hybridized carbons (Fsp3) is 0.333. The number of hydrogen-bond acceptors (Lipinski definition) is 0. The molecule has 0 saturated carbocycles. The van der Waals surface area contributed by atoms with Gasteiger partial charge in [-0.05, 0) is 5.30 Å². The molecule has 0 amide bonds. The van der Waals surface area contributed by atoms with Gasteiger partial charge in [-0.1, -0.05) is 49.1 Å². The molecule has 0 fully saturated rings. The van der Waals surface area contributed by atoms with Crippen LogP contribution in [0.5, 0.6) is 0 Å². The van der Waals surface area contributed by atoms with Crippen LogP contribution in [0.3, 0.4) is 0 Å². The van der Waals surface area contributed by atoms with Crippen molar-refractivity contribution in [3.63, 3.8) is 0 Å². The average molecular weight is 182 g/mol. The molecule has 0 aliphatic carbocycles. The summed E-state index contributed by atoms with van der Waals surface area (Å²) in [6, 6.07) is 8.82. The van der Waals surface area contributed by atoms with Crippen molar-refractivity contribution in [2.45, 2.75) is 19.6 Å². The van der Waals surface area contributed by atoms with E-state index in [0.717, 1.165) is 0 Å². The van der Waals surface area contributed by atoms with Crippen molar-refractivity contribution in [3.05, 3.63) is 24.3 Å². The van der Waals surface area contributed by atoms with Crippen molar-refractivity contribution in [3.8, 4) is 0 Å². The predicted molar refractivity (Wildman–Crippen MR) is 58.8 cm³/mol. The van der Waals surface area contributed by atoms with E-state index in [9.17, 15) is 0 Å². The fourth-order valence-corrected chi connectivity index (χ4v) is 2.34. The zero-order chi connectivity index (χ0) is 8.48. The lowest BCUT2D eigenvalue weighted by Crippen LogP contribution is -2.37. The second kappa shape index (κ2) is 3.08. The average Bonchev–Trinajstić information content (AvgIpc) is 1.86. The van der Waals surface area contributed by atoms with Crippen LogP contribution in [-0.2, 0) is 0 Å². The minimum Gasteiger partial charge on any atom is -0.106 e. The molecule has 0 heterocycles. The Morgan fingerprint density at radius 2 is 1.45 bits per heavy atom. The molecule has 0 spiro atoms. The van der Waals surface area contributed by atoms with Gasteiger partial charge in [0, 0.05) is 0 Å². The Morgan fingerprint density at radius 1 is 1.00 bits per heavy atom. The Kier molecular flexibility index (Phi) is 2.51. The van der Waals surface area contributed by atoms with Crippen molar-refractivity contribution in [1.82, 2.24) is 0 Å². The summed E-state index contributed by atoms with van der Waals surface area (Å²) in [5.41, 5.74) is 0. The first kappa shape index (κ1) is 8.96. The van der Waals surface area contributed by atoms with Crippen molar-refractivity contribution in [1.29, 1.82) is 0 Å². The van der Waals surface area contributed by atoms with Gasteiger partial charge in [0.15, 0.2) is 0 Å². The molecular formula is C9H15PSi. The third kappa shape index (κ3) is 2.43. The molecule has 0 radical (unpaired) electrons. The lowest BCUT2D eigenvalue weighted by molar-refractivity contribution is 1.71. The Morgan fingerprint density at radius 3 is 1.82 bits per heavy atom. The molecule has 0 aliphatic rings. The van der Waals surface area contributed by atoms with E-state index < -0.39 is 8.07 Å². The van der Waals surface area contributed by atoms with Crippen LogP contribution in [0.4, 0.5) is 0 Å². The summed E-state index contributed by atoms with van der Waals surface area (Å²) in [6.07, 6.45) is 0. The van der Waals surface area contributed by atoms with Gasteiger partial charge in [-0.25, -0.2) is 0 Å². The van der Waals surface area contributed by atoms with Gasteiger partial charge in [-0.2, -0.15) is 0 Å². The van der Waals surface area contributed by atoms with Crippen LogP contribution < -0.4 is 10.5 Å². The standard InChI is InChI=1S/C9H15PSi/c1-11(2,3)9-6-4-8(10)5-7-9/h4-7H,10H2,1-3H3. The Labute approximate surface area is 72.2 Å². The van der Waals surface area contributed by atoms with E-state index >= 15 is 0 Å². The quantitative estimate of drug-likeness (QED) is 0.458. The highest BCUT2D eigenvalue weighted by atomic mass is 31.0. The summed E-state index contributed by atoms with van der Waals surface area (Å²) in [5.74, 6) is 0. The van der Waals surface area contributed by atoms with E-state index in [2.05, 4.69) is 53.1 Å². The van der Waals surface area contributed by atoms with E-state index in [1.54, 1.807) is 0 Å². The smallest absolute Gasteiger partial charge is 0.0775 e. The van der Waals surface area contributed by atoms with E-state index in [4.69, 9.17) is 0 Å². The highest BCUT2D eigenvalue weighted by Gasteiger charge is 2.14. The van der Waals surface area contributed by atoms with E-state index in [-0.39, 0.29) is 0 Å². The molecule has 60 valence electrons. The summed E-state index contributed by atoms with van der Waals surface area (Å²) in [7, 11) is 1.64. The fourth-order valence-electron chi connectivity index (χ4n) is 0.983. The lowest BCUT2D eigenvalue weighted by Gasteiger charge is -2.16. The second-order valence-corrected chi connectivity index (χ2v) is 9.62. The maximum absolute atomic E-state index is 2.71. The molecule has 1 rings (SSSR count).